The molecule has 3 rings (SSSR count). The number of ether oxygens (including phenoxy) is 2. The van der Waals surface area contributed by atoms with E-state index in [-0.39, 0.29) is 5.91 Å². The molecule has 0 atom stereocenters. The first kappa shape index (κ1) is 18.3. The average molecular weight is 380 g/mol. The molecule has 0 spiro atoms. The smallest absolute Gasteiger partial charge is 0.353 e. The fraction of sp³-hybridized carbons (Fsp3) is 0.0500. The van der Waals surface area contributed by atoms with Crippen molar-refractivity contribution in [1.29, 1.82) is 0 Å². The Kier molecular flexibility index (Phi) is 5.96. The van der Waals surface area contributed by atoms with Crippen LogP contribution in [0.25, 0.3) is 0 Å². The van der Waals surface area contributed by atoms with Crippen molar-refractivity contribution in [2.75, 3.05) is 7.11 Å². The number of nitrogens with one attached hydrogen (secondary N) is 1. The Hall–Kier alpha value is -3.45. The minimum Gasteiger partial charge on any atom is -0.497 e. The quantitative estimate of drug-likeness (QED) is 0.306. The van der Waals surface area contributed by atoms with Crippen LogP contribution in [-0.4, -0.2) is 25.2 Å². The molecule has 0 aliphatic carbocycles. The molecule has 136 valence electrons. The minimum absolute atomic E-state index is 0.339. The van der Waals surface area contributed by atoms with Gasteiger partial charge >= 0.3 is 5.97 Å². The van der Waals surface area contributed by atoms with Gasteiger partial charge in [0.1, 0.15) is 16.4 Å². The number of carbonyl (C=O) groups is 2. The molecule has 2 aromatic carbocycles. The van der Waals surface area contributed by atoms with Crippen LogP contribution in [0, 0.1) is 0 Å². The second-order valence-corrected chi connectivity index (χ2v) is 6.31. The van der Waals surface area contributed by atoms with Gasteiger partial charge in [-0.05, 0) is 53.4 Å². The van der Waals surface area contributed by atoms with E-state index in [1.165, 1.54) is 17.6 Å². The third-order valence-electron chi connectivity index (χ3n) is 3.52. The summed E-state index contributed by atoms with van der Waals surface area (Å²) in [7, 11) is 1.56. The first-order chi connectivity index (χ1) is 13.2. The normalized spacial score (nSPS) is 10.6. The lowest BCUT2D eigenvalue weighted by Gasteiger charge is -2.04. The molecule has 0 fully saturated rings. The van der Waals surface area contributed by atoms with Gasteiger partial charge in [0.2, 0.25) is 0 Å². The van der Waals surface area contributed by atoms with E-state index in [9.17, 15) is 9.59 Å². The number of hydrogen-bond acceptors (Lipinski definition) is 6. The van der Waals surface area contributed by atoms with Crippen molar-refractivity contribution in [2.45, 2.75) is 0 Å². The van der Waals surface area contributed by atoms with Crippen molar-refractivity contribution in [1.82, 2.24) is 5.43 Å². The highest BCUT2D eigenvalue weighted by Gasteiger charge is 2.09. The number of esters is 1. The van der Waals surface area contributed by atoms with Crippen LogP contribution in [0.3, 0.4) is 0 Å². The van der Waals surface area contributed by atoms with Crippen molar-refractivity contribution < 1.29 is 19.1 Å². The summed E-state index contributed by atoms with van der Waals surface area (Å²) in [6.45, 7) is 0. The number of nitrogens with zero attached hydrogens (tertiary/aromatic N) is 1. The lowest BCUT2D eigenvalue weighted by atomic mass is 10.2. The molecule has 6 nitrogen and oxygen atoms in total. The molecule has 0 unspecified atom stereocenters. The molecule has 1 heterocycles. The number of rotatable bonds is 6. The largest absolute Gasteiger partial charge is 0.497 e. The molecular formula is C20H16N2O4S. The molecule has 0 saturated carbocycles. The van der Waals surface area contributed by atoms with Gasteiger partial charge in [-0.1, -0.05) is 18.2 Å². The lowest BCUT2D eigenvalue weighted by Crippen LogP contribution is -2.17. The van der Waals surface area contributed by atoms with Crippen LogP contribution in [0.5, 0.6) is 11.5 Å². The third-order valence-corrected chi connectivity index (χ3v) is 4.37. The van der Waals surface area contributed by atoms with Gasteiger partial charge in [0.15, 0.2) is 0 Å². The Morgan fingerprint density at radius 3 is 2.56 bits per heavy atom. The maximum atomic E-state index is 12.0. The molecule has 0 aliphatic rings. The molecule has 7 heteroatoms. The summed E-state index contributed by atoms with van der Waals surface area (Å²) in [5, 5.41) is 5.75. The van der Waals surface area contributed by atoms with E-state index in [1.54, 1.807) is 67.8 Å². The fourth-order valence-electron chi connectivity index (χ4n) is 2.18. The molecular weight excluding hydrogens is 364 g/mol. The van der Waals surface area contributed by atoms with Crippen LogP contribution in [0.1, 0.15) is 25.6 Å². The van der Waals surface area contributed by atoms with Crippen LogP contribution in [0.4, 0.5) is 0 Å². The van der Waals surface area contributed by atoms with E-state index in [0.717, 1.165) is 0 Å². The Labute approximate surface area is 160 Å². The van der Waals surface area contributed by atoms with E-state index >= 15 is 0 Å². The average Bonchev–Trinajstić information content (AvgIpc) is 3.23. The van der Waals surface area contributed by atoms with E-state index < -0.39 is 5.97 Å². The minimum atomic E-state index is -0.410. The van der Waals surface area contributed by atoms with Crippen LogP contribution >= 0.6 is 11.3 Å². The molecule has 3 aromatic rings. The zero-order valence-corrected chi connectivity index (χ0v) is 15.2. The monoisotopic (exact) mass is 380 g/mol. The van der Waals surface area contributed by atoms with Crippen LogP contribution in [-0.2, 0) is 0 Å². The van der Waals surface area contributed by atoms with Crippen LogP contribution < -0.4 is 14.9 Å². The second-order valence-electron chi connectivity index (χ2n) is 5.37. The molecule has 1 aromatic heterocycles. The Balaban J connectivity index is 1.60. The second kappa shape index (κ2) is 8.77. The molecule has 0 radical (unpaired) electrons. The van der Waals surface area contributed by atoms with E-state index in [0.29, 0.717) is 27.5 Å². The van der Waals surface area contributed by atoms with Gasteiger partial charge in [-0.3, -0.25) is 4.79 Å². The van der Waals surface area contributed by atoms with Crippen LogP contribution in [0.2, 0.25) is 0 Å². The molecule has 0 saturated heterocycles. The molecule has 0 bridgehead atoms. The molecule has 1 amide bonds. The summed E-state index contributed by atoms with van der Waals surface area (Å²) in [5.41, 5.74) is 3.60. The number of carbonyl (C=O) groups excluding carboxylic acids is 2. The van der Waals surface area contributed by atoms with Crippen molar-refractivity contribution >= 4 is 29.4 Å². The predicted octanol–water partition coefficient (Wildman–Crippen LogP) is 3.74. The number of thiophene rings is 1. The van der Waals surface area contributed by atoms with Gasteiger partial charge < -0.3 is 9.47 Å². The van der Waals surface area contributed by atoms with Gasteiger partial charge in [-0.15, -0.1) is 11.3 Å². The van der Waals surface area contributed by atoms with Crippen molar-refractivity contribution in [3.8, 4) is 11.5 Å². The number of benzene rings is 2. The number of methoxy groups -OCH3 is 1. The van der Waals surface area contributed by atoms with Gasteiger partial charge in [0.25, 0.3) is 5.91 Å². The highest BCUT2D eigenvalue weighted by molar-refractivity contribution is 7.12. The lowest BCUT2D eigenvalue weighted by molar-refractivity contribution is 0.0739. The highest BCUT2D eigenvalue weighted by atomic mass is 32.1. The Morgan fingerprint density at radius 2 is 1.85 bits per heavy atom. The third kappa shape index (κ3) is 5.02. The maximum Gasteiger partial charge on any atom is 0.353 e. The topological polar surface area (TPSA) is 77.0 Å². The zero-order valence-electron chi connectivity index (χ0n) is 14.4. The van der Waals surface area contributed by atoms with Gasteiger partial charge in [-0.25, -0.2) is 10.2 Å². The van der Waals surface area contributed by atoms with Crippen LogP contribution in [0.15, 0.2) is 71.1 Å². The fourth-order valence-corrected chi connectivity index (χ4v) is 2.78. The molecule has 27 heavy (non-hydrogen) atoms. The Morgan fingerprint density at radius 1 is 1.04 bits per heavy atom. The van der Waals surface area contributed by atoms with Gasteiger partial charge in [0, 0.05) is 5.56 Å². The SMILES string of the molecule is COc1ccc(C(=O)N/N=C\c2cccc(OC(=O)c3cccs3)c2)cc1. The standard InChI is InChI=1S/C20H16N2O4S/c1-25-16-9-7-15(8-10-16)19(23)22-21-13-14-4-2-5-17(12-14)26-20(24)18-6-3-11-27-18/h2-13H,1H3,(H,22,23)/b21-13-. The summed E-state index contributed by atoms with van der Waals surface area (Å²) in [6, 6.07) is 17.0. The first-order valence-electron chi connectivity index (χ1n) is 7.99. The van der Waals surface area contributed by atoms with E-state index in [2.05, 4.69) is 10.5 Å². The maximum absolute atomic E-state index is 12.0. The molecule has 1 N–H and O–H groups in total. The first-order valence-corrected chi connectivity index (χ1v) is 8.87. The predicted molar refractivity (Wildman–Crippen MR) is 104 cm³/mol. The Bertz CT molecular complexity index is 950. The van der Waals surface area contributed by atoms with Crippen molar-refractivity contribution in [3.63, 3.8) is 0 Å². The van der Waals surface area contributed by atoms with E-state index in [4.69, 9.17) is 9.47 Å². The number of amides is 1. The van der Waals surface area contributed by atoms with Crippen molar-refractivity contribution in [3.05, 3.63) is 82.0 Å². The number of hydrazone groups is 1. The summed E-state index contributed by atoms with van der Waals surface area (Å²) in [4.78, 5) is 24.6. The van der Waals surface area contributed by atoms with E-state index in [1.807, 2.05) is 5.38 Å². The summed E-state index contributed by atoms with van der Waals surface area (Å²) in [6.07, 6.45) is 1.48. The van der Waals surface area contributed by atoms with Crippen molar-refractivity contribution in [2.24, 2.45) is 5.10 Å². The molecule has 0 aliphatic heterocycles. The van der Waals surface area contributed by atoms with Gasteiger partial charge in [0.05, 0.1) is 13.3 Å². The van der Waals surface area contributed by atoms with Gasteiger partial charge in [-0.2, -0.15) is 5.10 Å². The summed E-state index contributed by atoms with van der Waals surface area (Å²) >= 11 is 1.32. The summed E-state index contributed by atoms with van der Waals surface area (Å²) < 4.78 is 10.4. The highest BCUT2D eigenvalue weighted by Crippen LogP contribution is 2.16. The number of hydrogen-bond donors (Lipinski definition) is 1. The zero-order chi connectivity index (χ0) is 19.1. The summed E-state index contributed by atoms with van der Waals surface area (Å²) in [5.74, 6) is 0.323.